The van der Waals surface area contributed by atoms with Crippen molar-refractivity contribution < 1.29 is 19.4 Å². The highest BCUT2D eigenvalue weighted by Crippen LogP contribution is 2.09. The molecule has 6 heteroatoms. The lowest BCUT2D eigenvalue weighted by molar-refractivity contribution is -0.142. The van der Waals surface area contributed by atoms with Crippen LogP contribution in [0.3, 0.4) is 0 Å². The summed E-state index contributed by atoms with van der Waals surface area (Å²) in [5.74, 6) is -0.970. The second kappa shape index (κ2) is 4.06. The summed E-state index contributed by atoms with van der Waals surface area (Å²) in [5, 5.41) is 13.9. The van der Waals surface area contributed by atoms with Gasteiger partial charge in [0, 0.05) is 6.54 Å². The molecule has 1 heterocycles. The Morgan fingerprint density at radius 3 is 2.40 bits per heavy atom. The van der Waals surface area contributed by atoms with Crippen LogP contribution in [0.1, 0.15) is 20.8 Å². The number of carboxylic acid groups (broad SMARTS) is 1. The SMILES string of the molecule is CC(C)(C)OC(=O)NC1CNC1C(=O)O. The van der Waals surface area contributed by atoms with E-state index in [0.29, 0.717) is 6.54 Å². The normalized spacial score (nSPS) is 25.3. The van der Waals surface area contributed by atoms with Crippen LogP contribution in [-0.2, 0) is 9.53 Å². The summed E-state index contributed by atoms with van der Waals surface area (Å²) < 4.78 is 5.00. The van der Waals surface area contributed by atoms with Gasteiger partial charge in [0.25, 0.3) is 0 Å². The fraction of sp³-hybridized carbons (Fsp3) is 0.778. The van der Waals surface area contributed by atoms with Crippen molar-refractivity contribution in [3.63, 3.8) is 0 Å². The molecule has 1 fully saturated rings. The number of hydrogen-bond donors (Lipinski definition) is 3. The van der Waals surface area contributed by atoms with E-state index in [-0.39, 0.29) is 0 Å². The van der Waals surface area contributed by atoms with Crippen molar-refractivity contribution in [1.29, 1.82) is 0 Å². The fourth-order valence-corrected chi connectivity index (χ4v) is 1.21. The monoisotopic (exact) mass is 216 g/mol. The number of carbonyl (C=O) groups excluding carboxylic acids is 1. The van der Waals surface area contributed by atoms with Crippen LogP contribution in [0.4, 0.5) is 4.79 Å². The predicted molar refractivity (Wildman–Crippen MR) is 52.6 cm³/mol. The zero-order valence-corrected chi connectivity index (χ0v) is 9.03. The van der Waals surface area contributed by atoms with Gasteiger partial charge in [0.1, 0.15) is 11.6 Å². The van der Waals surface area contributed by atoms with Crippen LogP contribution >= 0.6 is 0 Å². The minimum Gasteiger partial charge on any atom is -0.480 e. The first kappa shape index (κ1) is 11.8. The summed E-state index contributed by atoms with van der Waals surface area (Å²) in [7, 11) is 0. The fourth-order valence-electron chi connectivity index (χ4n) is 1.21. The van der Waals surface area contributed by atoms with Crippen molar-refractivity contribution in [2.45, 2.75) is 38.5 Å². The maximum absolute atomic E-state index is 11.3. The third kappa shape index (κ3) is 3.39. The van der Waals surface area contributed by atoms with Gasteiger partial charge in [0.05, 0.1) is 6.04 Å². The highest BCUT2D eigenvalue weighted by molar-refractivity contribution is 5.78. The first-order valence-corrected chi connectivity index (χ1v) is 4.75. The Balaban J connectivity index is 2.36. The molecule has 0 bridgehead atoms. The van der Waals surface area contributed by atoms with Gasteiger partial charge in [-0.2, -0.15) is 0 Å². The van der Waals surface area contributed by atoms with Crippen molar-refractivity contribution in [3.8, 4) is 0 Å². The van der Waals surface area contributed by atoms with Crippen LogP contribution in [0.25, 0.3) is 0 Å². The van der Waals surface area contributed by atoms with Crippen molar-refractivity contribution >= 4 is 12.1 Å². The Labute approximate surface area is 88.0 Å². The molecule has 1 saturated heterocycles. The van der Waals surface area contributed by atoms with Crippen molar-refractivity contribution in [2.75, 3.05) is 6.54 Å². The number of carboxylic acids is 1. The molecule has 86 valence electrons. The summed E-state index contributed by atoms with van der Waals surface area (Å²) in [6, 6.07) is -1.10. The largest absolute Gasteiger partial charge is 0.480 e. The molecule has 1 rings (SSSR count). The molecule has 0 spiro atoms. The van der Waals surface area contributed by atoms with E-state index in [4.69, 9.17) is 9.84 Å². The molecule has 0 radical (unpaired) electrons. The smallest absolute Gasteiger partial charge is 0.407 e. The zero-order chi connectivity index (χ0) is 11.6. The second-order valence-electron chi connectivity index (χ2n) is 4.48. The van der Waals surface area contributed by atoms with E-state index < -0.39 is 29.7 Å². The quantitative estimate of drug-likeness (QED) is 0.601. The lowest BCUT2D eigenvalue weighted by atomic mass is 10.0. The van der Waals surface area contributed by atoms with Gasteiger partial charge >= 0.3 is 12.1 Å². The van der Waals surface area contributed by atoms with Gasteiger partial charge < -0.3 is 20.5 Å². The Bertz CT molecular complexity index is 272. The summed E-state index contributed by atoms with van der Waals surface area (Å²) >= 11 is 0. The summed E-state index contributed by atoms with van der Waals surface area (Å²) in [6.45, 7) is 5.71. The molecule has 1 aliphatic rings. The van der Waals surface area contributed by atoms with Crippen LogP contribution in [0.5, 0.6) is 0 Å². The van der Waals surface area contributed by atoms with Gasteiger partial charge in [0.15, 0.2) is 0 Å². The van der Waals surface area contributed by atoms with E-state index >= 15 is 0 Å². The van der Waals surface area contributed by atoms with Gasteiger partial charge in [-0.05, 0) is 20.8 Å². The second-order valence-corrected chi connectivity index (χ2v) is 4.48. The molecule has 1 amide bonds. The molecule has 15 heavy (non-hydrogen) atoms. The van der Waals surface area contributed by atoms with E-state index in [1.165, 1.54) is 0 Å². The number of amides is 1. The molecule has 2 unspecified atom stereocenters. The highest BCUT2D eigenvalue weighted by atomic mass is 16.6. The van der Waals surface area contributed by atoms with E-state index in [9.17, 15) is 9.59 Å². The molecule has 0 aromatic rings. The Kier molecular flexibility index (Phi) is 3.18. The average molecular weight is 216 g/mol. The lowest BCUT2D eigenvalue weighted by Gasteiger charge is -2.35. The predicted octanol–water partition coefficient (Wildman–Crippen LogP) is -0.0639. The summed E-state index contributed by atoms with van der Waals surface area (Å²) in [6.07, 6.45) is -0.583. The third-order valence-electron chi connectivity index (χ3n) is 1.93. The topological polar surface area (TPSA) is 87.7 Å². The van der Waals surface area contributed by atoms with Crippen molar-refractivity contribution in [2.24, 2.45) is 0 Å². The molecule has 2 atom stereocenters. The van der Waals surface area contributed by atoms with Crippen LogP contribution < -0.4 is 10.6 Å². The lowest BCUT2D eigenvalue weighted by Crippen LogP contribution is -2.68. The van der Waals surface area contributed by atoms with Crippen LogP contribution in [0.15, 0.2) is 0 Å². The Morgan fingerprint density at radius 1 is 1.47 bits per heavy atom. The minimum absolute atomic E-state index is 0.391. The minimum atomic E-state index is -0.970. The van der Waals surface area contributed by atoms with Gasteiger partial charge in [-0.1, -0.05) is 0 Å². The van der Waals surface area contributed by atoms with Gasteiger partial charge in [-0.15, -0.1) is 0 Å². The number of rotatable bonds is 2. The van der Waals surface area contributed by atoms with Gasteiger partial charge in [-0.3, -0.25) is 4.79 Å². The molecule has 1 aliphatic heterocycles. The molecule has 0 aliphatic carbocycles. The number of ether oxygens (including phenoxy) is 1. The van der Waals surface area contributed by atoms with Crippen molar-refractivity contribution in [3.05, 3.63) is 0 Å². The average Bonchev–Trinajstić information content (AvgIpc) is 1.93. The van der Waals surface area contributed by atoms with Gasteiger partial charge in [-0.25, -0.2) is 4.79 Å². The van der Waals surface area contributed by atoms with E-state index in [2.05, 4.69) is 10.6 Å². The number of nitrogens with one attached hydrogen (secondary N) is 2. The summed E-state index contributed by atoms with van der Waals surface area (Å²) in [5.41, 5.74) is -0.569. The maximum Gasteiger partial charge on any atom is 0.407 e. The van der Waals surface area contributed by atoms with Crippen LogP contribution in [0.2, 0.25) is 0 Å². The number of hydrogen-bond acceptors (Lipinski definition) is 4. The first-order valence-electron chi connectivity index (χ1n) is 4.75. The van der Waals surface area contributed by atoms with Crippen LogP contribution in [-0.4, -0.2) is 41.4 Å². The van der Waals surface area contributed by atoms with E-state index in [1.54, 1.807) is 20.8 Å². The summed E-state index contributed by atoms with van der Waals surface area (Å²) in [4.78, 5) is 21.9. The highest BCUT2D eigenvalue weighted by Gasteiger charge is 2.37. The molecule has 0 aromatic heterocycles. The molecule has 6 nitrogen and oxygen atoms in total. The van der Waals surface area contributed by atoms with Gasteiger partial charge in [0.2, 0.25) is 0 Å². The van der Waals surface area contributed by atoms with Crippen molar-refractivity contribution in [1.82, 2.24) is 10.6 Å². The molecular formula is C9H16N2O4. The number of carbonyl (C=O) groups is 2. The number of alkyl carbamates (subject to hydrolysis) is 1. The molecular weight excluding hydrogens is 200 g/mol. The molecule has 3 N–H and O–H groups in total. The first-order chi connectivity index (χ1) is 6.79. The van der Waals surface area contributed by atoms with E-state index in [1.807, 2.05) is 0 Å². The number of aliphatic carboxylic acids is 1. The maximum atomic E-state index is 11.3. The zero-order valence-electron chi connectivity index (χ0n) is 9.03. The van der Waals surface area contributed by atoms with Crippen LogP contribution in [0, 0.1) is 0 Å². The molecule has 0 saturated carbocycles. The molecule has 0 aromatic carbocycles. The Hall–Kier alpha value is -1.30. The third-order valence-corrected chi connectivity index (χ3v) is 1.93. The standard InChI is InChI=1S/C9H16N2O4/c1-9(2,3)15-8(14)11-5-4-10-6(5)7(12)13/h5-6,10H,4H2,1-3H3,(H,11,14)(H,12,13). The Morgan fingerprint density at radius 2 is 2.07 bits per heavy atom. The van der Waals surface area contributed by atoms with E-state index in [0.717, 1.165) is 0 Å².